The predicted octanol–water partition coefficient (Wildman–Crippen LogP) is 2.53. The van der Waals surface area contributed by atoms with Crippen LogP contribution in [0.3, 0.4) is 0 Å². The van der Waals surface area contributed by atoms with Gasteiger partial charge in [-0.05, 0) is 18.2 Å². The van der Waals surface area contributed by atoms with E-state index in [1.54, 1.807) is 24.1 Å². The van der Waals surface area contributed by atoms with Gasteiger partial charge in [0.2, 0.25) is 0 Å². The Bertz CT molecular complexity index is 1230. The monoisotopic (exact) mass is 385 g/mol. The summed E-state index contributed by atoms with van der Waals surface area (Å²) in [5.41, 5.74) is 1.41. The standard InChI is InChI=1S/C22H19N5O2/c1-26-10-9-22(29,21(26)28)19-13-27(14-24-19)17-7-4-6-15(11-17)20-23-12-16-5-2-3-8-18(16)25-20/h2-8,11-14,29H,9-10H2,1H3. The van der Waals surface area contributed by atoms with E-state index in [2.05, 4.69) is 15.0 Å². The molecule has 144 valence electrons. The van der Waals surface area contributed by atoms with Gasteiger partial charge in [0.25, 0.3) is 5.91 Å². The fourth-order valence-electron chi connectivity index (χ4n) is 3.69. The van der Waals surface area contributed by atoms with E-state index in [1.165, 1.54) is 4.90 Å². The number of hydrogen-bond donors (Lipinski definition) is 1. The first kappa shape index (κ1) is 17.5. The van der Waals surface area contributed by atoms with Gasteiger partial charge >= 0.3 is 0 Å². The first-order chi connectivity index (χ1) is 14.0. The lowest BCUT2D eigenvalue weighted by molar-refractivity contribution is -0.143. The maximum absolute atomic E-state index is 12.3. The van der Waals surface area contributed by atoms with Crippen molar-refractivity contribution in [2.24, 2.45) is 0 Å². The molecule has 1 aliphatic heterocycles. The average Bonchev–Trinajstić information content (AvgIpc) is 3.36. The van der Waals surface area contributed by atoms with Crippen LogP contribution in [0.25, 0.3) is 28.0 Å². The third-order valence-corrected chi connectivity index (χ3v) is 5.41. The van der Waals surface area contributed by atoms with Crippen LogP contribution in [0.15, 0.2) is 67.3 Å². The molecule has 7 heteroatoms. The third-order valence-electron chi connectivity index (χ3n) is 5.41. The van der Waals surface area contributed by atoms with Crippen molar-refractivity contribution >= 4 is 16.8 Å². The number of likely N-dealkylation sites (N-methyl/N-ethyl adjacent to an activating group) is 1. The molecule has 1 fully saturated rings. The minimum absolute atomic E-state index is 0.318. The summed E-state index contributed by atoms with van der Waals surface area (Å²) in [6.07, 6.45) is 5.47. The Morgan fingerprint density at radius 3 is 2.79 bits per heavy atom. The van der Waals surface area contributed by atoms with Gasteiger partial charge in [0, 0.05) is 49.0 Å². The Labute approximate surface area is 167 Å². The summed E-state index contributed by atoms with van der Waals surface area (Å²) in [6.45, 7) is 0.511. The van der Waals surface area contributed by atoms with Crippen molar-refractivity contribution in [1.82, 2.24) is 24.4 Å². The summed E-state index contributed by atoms with van der Waals surface area (Å²) >= 11 is 0. The minimum atomic E-state index is -1.56. The van der Waals surface area contributed by atoms with Crippen LogP contribution in [0.5, 0.6) is 0 Å². The van der Waals surface area contributed by atoms with E-state index < -0.39 is 5.60 Å². The van der Waals surface area contributed by atoms with Crippen LogP contribution in [0.2, 0.25) is 0 Å². The number of para-hydroxylation sites is 1. The Morgan fingerprint density at radius 2 is 1.97 bits per heavy atom. The number of likely N-dealkylation sites (tertiary alicyclic amines) is 1. The van der Waals surface area contributed by atoms with Gasteiger partial charge in [0.15, 0.2) is 11.4 Å². The second kappa shape index (κ2) is 6.49. The van der Waals surface area contributed by atoms with E-state index in [0.29, 0.717) is 24.5 Å². The number of aliphatic hydroxyl groups is 1. The first-order valence-corrected chi connectivity index (χ1v) is 9.40. The highest BCUT2D eigenvalue weighted by atomic mass is 16.3. The van der Waals surface area contributed by atoms with Crippen LogP contribution in [0.1, 0.15) is 12.1 Å². The molecule has 1 saturated heterocycles. The van der Waals surface area contributed by atoms with Gasteiger partial charge in [0.1, 0.15) is 5.69 Å². The molecule has 0 aliphatic carbocycles. The maximum Gasteiger partial charge on any atom is 0.260 e. The van der Waals surface area contributed by atoms with E-state index >= 15 is 0 Å². The normalized spacial score (nSPS) is 19.2. The second-order valence-corrected chi connectivity index (χ2v) is 7.31. The van der Waals surface area contributed by atoms with Crippen LogP contribution in [0.4, 0.5) is 0 Å². The van der Waals surface area contributed by atoms with Gasteiger partial charge in [-0.3, -0.25) is 4.79 Å². The highest BCUT2D eigenvalue weighted by molar-refractivity contribution is 5.87. The molecule has 1 atom stereocenters. The number of aromatic nitrogens is 4. The number of carbonyl (C=O) groups is 1. The highest BCUT2D eigenvalue weighted by Crippen LogP contribution is 2.32. The van der Waals surface area contributed by atoms with E-state index in [9.17, 15) is 9.90 Å². The van der Waals surface area contributed by atoms with Crippen molar-refractivity contribution in [2.45, 2.75) is 12.0 Å². The van der Waals surface area contributed by atoms with Gasteiger partial charge in [-0.15, -0.1) is 0 Å². The van der Waals surface area contributed by atoms with E-state index in [0.717, 1.165) is 22.2 Å². The summed E-state index contributed by atoms with van der Waals surface area (Å²) in [5, 5.41) is 11.8. The number of rotatable bonds is 3. The Morgan fingerprint density at radius 1 is 1.10 bits per heavy atom. The molecule has 2 aromatic heterocycles. The van der Waals surface area contributed by atoms with Gasteiger partial charge in [-0.1, -0.05) is 30.3 Å². The molecule has 7 nitrogen and oxygen atoms in total. The largest absolute Gasteiger partial charge is 0.374 e. The molecule has 0 saturated carbocycles. The molecule has 29 heavy (non-hydrogen) atoms. The number of nitrogens with zero attached hydrogens (tertiary/aromatic N) is 5. The van der Waals surface area contributed by atoms with E-state index in [1.807, 2.05) is 54.7 Å². The number of imidazole rings is 1. The SMILES string of the molecule is CN1CCC(O)(c2cn(-c3cccc(-c4ncc5ccccc5n4)c3)cn2)C1=O. The van der Waals surface area contributed by atoms with Gasteiger partial charge in [0.05, 0.1) is 11.8 Å². The van der Waals surface area contributed by atoms with E-state index in [4.69, 9.17) is 0 Å². The quantitative estimate of drug-likeness (QED) is 0.586. The summed E-state index contributed by atoms with van der Waals surface area (Å²) in [7, 11) is 1.68. The third kappa shape index (κ3) is 2.87. The molecule has 1 unspecified atom stereocenters. The zero-order valence-corrected chi connectivity index (χ0v) is 15.9. The van der Waals surface area contributed by atoms with Gasteiger partial charge < -0.3 is 14.6 Å². The summed E-state index contributed by atoms with van der Waals surface area (Å²) in [5.74, 6) is 0.318. The zero-order valence-electron chi connectivity index (χ0n) is 15.9. The number of carbonyl (C=O) groups excluding carboxylic acids is 1. The van der Waals surface area contributed by atoms with Crippen molar-refractivity contribution in [3.63, 3.8) is 0 Å². The molecule has 0 bridgehead atoms. The number of amides is 1. The molecule has 5 rings (SSSR count). The van der Waals surface area contributed by atoms with Gasteiger partial charge in [-0.2, -0.15) is 0 Å². The molecular weight excluding hydrogens is 366 g/mol. The lowest BCUT2D eigenvalue weighted by atomic mass is 9.99. The smallest absolute Gasteiger partial charge is 0.260 e. The van der Waals surface area contributed by atoms with Crippen molar-refractivity contribution < 1.29 is 9.90 Å². The van der Waals surface area contributed by atoms with E-state index in [-0.39, 0.29) is 5.91 Å². The van der Waals surface area contributed by atoms with Crippen molar-refractivity contribution in [3.8, 4) is 17.1 Å². The van der Waals surface area contributed by atoms with Gasteiger partial charge in [-0.25, -0.2) is 15.0 Å². The molecular formula is C22H19N5O2. The number of hydrogen-bond acceptors (Lipinski definition) is 5. The van der Waals surface area contributed by atoms with Crippen LogP contribution < -0.4 is 0 Å². The molecule has 1 N–H and O–H groups in total. The summed E-state index contributed by atoms with van der Waals surface area (Å²) in [6, 6.07) is 15.6. The Balaban J connectivity index is 1.50. The molecule has 0 spiro atoms. The summed E-state index contributed by atoms with van der Waals surface area (Å²) < 4.78 is 1.80. The molecule has 1 aliphatic rings. The molecule has 2 aromatic carbocycles. The molecule has 3 heterocycles. The minimum Gasteiger partial charge on any atom is -0.374 e. The van der Waals surface area contributed by atoms with Crippen molar-refractivity contribution in [3.05, 3.63) is 72.9 Å². The zero-order chi connectivity index (χ0) is 20.0. The lowest BCUT2D eigenvalue weighted by Crippen LogP contribution is -2.36. The fraction of sp³-hybridized carbons (Fsp3) is 0.182. The number of fused-ring (bicyclic) bond motifs is 1. The average molecular weight is 385 g/mol. The lowest BCUT2D eigenvalue weighted by Gasteiger charge is -2.17. The van der Waals surface area contributed by atoms with Crippen molar-refractivity contribution in [1.29, 1.82) is 0 Å². The van der Waals surface area contributed by atoms with Crippen LogP contribution in [-0.4, -0.2) is 49.0 Å². The molecule has 1 amide bonds. The number of benzene rings is 2. The Hall–Kier alpha value is -3.58. The van der Waals surface area contributed by atoms with Crippen LogP contribution in [-0.2, 0) is 10.4 Å². The maximum atomic E-state index is 12.3. The molecule has 0 radical (unpaired) electrons. The molecule has 4 aromatic rings. The van der Waals surface area contributed by atoms with Crippen LogP contribution in [0, 0.1) is 0 Å². The first-order valence-electron chi connectivity index (χ1n) is 9.40. The predicted molar refractivity (Wildman–Crippen MR) is 108 cm³/mol. The highest BCUT2D eigenvalue weighted by Gasteiger charge is 2.46. The fourth-order valence-corrected chi connectivity index (χ4v) is 3.69. The van der Waals surface area contributed by atoms with Crippen molar-refractivity contribution in [2.75, 3.05) is 13.6 Å². The second-order valence-electron chi connectivity index (χ2n) is 7.31. The van der Waals surface area contributed by atoms with Crippen LogP contribution >= 0.6 is 0 Å². The summed E-state index contributed by atoms with van der Waals surface area (Å²) in [4.78, 5) is 27.3. The topological polar surface area (TPSA) is 84.1 Å². The Kier molecular flexibility index (Phi) is 3.92.